The van der Waals surface area contributed by atoms with Crippen molar-refractivity contribution >= 4 is 0 Å². The lowest BCUT2D eigenvalue weighted by atomic mass is 10.1. The highest BCUT2D eigenvalue weighted by Gasteiger charge is 2.20. The predicted octanol–water partition coefficient (Wildman–Crippen LogP) is 1.91. The van der Waals surface area contributed by atoms with Gasteiger partial charge in [-0.3, -0.25) is 10.1 Å². The van der Waals surface area contributed by atoms with Gasteiger partial charge in [-0.1, -0.05) is 19.8 Å². The minimum absolute atomic E-state index is 0.222. The molecule has 0 amide bonds. The fraction of sp³-hybridized carbons (Fsp3) is 1.00. The molecule has 13 heavy (non-hydrogen) atoms. The Kier molecular flexibility index (Phi) is 6.76. The van der Waals surface area contributed by atoms with Gasteiger partial charge < -0.3 is 4.84 Å². The van der Waals surface area contributed by atoms with Crippen molar-refractivity contribution in [3.05, 3.63) is 15.0 Å². The quantitative estimate of drug-likeness (QED) is 0.253. The number of nitrogens with zero attached hydrogens (tertiary/aromatic N) is 2. The Morgan fingerprint density at radius 2 is 2.23 bits per heavy atom. The Morgan fingerprint density at radius 1 is 1.54 bits per heavy atom. The van der Waals surface area contributed by atoms with Crippen molar-refractivity contribution in [2.24, 2.45) is 5.34 Å². The summed E-state index contributed by atoms with van der Waals surface area (Å²) in [6.07, 6.45) is 3.19. The third-order valence-corrected chi connectivity index (χ3v) is 1.76. The van der Waals surface area contributed by atoms with Crippen LogP contribution in [0.1, 0.15) is 32.6 Å². The molecule has 76 valence electrons. The molecule has 0 bridgehead atoms. The first-order valence-electron chi connectivity index (χ1n) is 4.30. The smallest absolute Gasteiger partial charge is 0.249 e. The highest BCUT2D eigenvalue weighted by atomic mass is 16.7. The predicted molar refractivity (Wildman–Crippen MR) is 46.7 cm³/mol. The largest absolute Gasteiger partial charge is 0.357 e. The Morgan fingerprint density at radius 3 is 2.69 bits per heavy atom. The summed E-state index contributed by atoms with van der Waals surface area (Å²) in [5.41, 5.74) is 0. The summed E-state index contributed by atoms with van der Waals surface area (Å²) < 4.78 is 0. The molecule has 1 unspecified atom stereocenters. The van der Waals surface area contributed by atoms with E-state index in [2.05, 4.69) is 10.2 Å². The van der Waals surface area contributed by atoms with Gasteiger partial charge >= 0.3 is 0 Å². The second-order valence-electron chi connectivity index (χ2n) is 2.81. The van der Waals surface area contributed by atoms with Gasteiger partial charge in [0.2, 0.25) is 6.04 Å². The van der Waals surface area contributed by atoms with Crippen LogP contribution in [0, 0.1) is 15.0 Å². The normalized spacial score (nSPS) is 12.1. The van der Waals surface area contributed by atoms with E-state index in [1.54, 1.807) is 0 Å². The number of rotatable bonds is 8. The Hall–Kier alpha value is -1.20. The van der Waals surface area contributed by atoms with E-state index >= 15 is 0 Å². The van der Waals surface area contributed by atoms with Crippen LogP contribution in [-0.4, -0.2) is 17.6 Å². The maximum absolute atomic E-state index is 10.4. The average molecular weight is 190 g/mol. The fourth-order valence-corrected chi connectivity index (χ4v) is 0.996. The molecule has 0 radical (unpaired) electrons. The van der Waals surface area contributed by atoms with Gasteiger partial charge in [-0.05, 0) is 6.42 Å². The number of nitro groups is 1. The molecule has 0 fully saturated rings. The summed E-state index contributed by atoms with van der Waals surface area (Å²) in [5, 5.41) is 12.5. The van der Waals surface area contributed by atoms with Gasteiger partial charge in [-0.15, -0.1) is 4.91 Å². The van der Waals surface area contributed by atoms with Crippen molar-refractivity contribution < 1.29 is 9.76 Å². The Labute approximate surface area is 76.3 Å². The summed E-state index contributed by atoms with van der Waals surface area (Å²) >= 11 is 0. The third-order valence-electron chi connectivity index (χ3n) is 1.76. The van der Waals surface area contributed by atoms with Crippen LogP contribution in [0.15, 0.2) is 5.34 Å². The minimum Gasteiger partial charge on any atom is -0.357 e. The van der Waals surface area contributed by atoms with E-state index in [1.807, 2.05) is 6.92 Å². The third kappa shape index (κ3) is 6.01. The van der Waals surface area contributed by atoms with Gasteiger partial charge in [-0.25, -0.2) is 0 Å². The van der Waals surface area contributed by atoms with Crippen molar-refractivity contribution in [1.82, 2.24) is 0 Å². The lowest BCUT2D eigenvalue weighted by Crippen LogP contribution is -2.24. The summed E-state index contributed by atoms with van der Waals surface area (Å²) in [5.74, 6) is 0. The molecule has 6 heteroatoms. The average Bonchev–Trinajstić information content (AvgIpc) is 2.10. The molecule has 0 heterocycles. The molecule has 0 rings (SSSR count). The van der Waals surface area contributed by atoms with E-state index in [9.17, 15) is 15.0 Å². The number of hydrogen-bond donors (Lipinski definition) is 0. The van der Waals surface area contributed by atoms with Crippen molar-refractivity contribution in [2.75, 3.05) is 6.61 Å². The van der Waals surface area contributed by atoms with Crippen molar-refractivity contribution in [3.63, 3.8) is 0 Å². The minimum atomic E-state index is -0.802. The van der Waals surface area contributed by atoms with Crippen LogP contribution in [0.25, 0.3) is 0 Å². The molecule has 1 atom stereocenters. The van der Waals surface area contributed by atoms with Crippen LogP contribution in [0.3, 0.4) is 0 Å². The molecule has 6 nitrogen and oxygen atoms in total. The van der Waals surface area contributed by atoms with Crippen LogP contribution in [-0.2, 0) is 4.84 Å². The molecule has 0 aliphatic carbocycles. The standard InChI is InChI=1S/C7H14N2O4/c1-2-3-4-5-7(9(11)12)6-13-8-10/h7H,2-6H2,1H3. The monoisotopic (exact) mass is 190 g/mol. The van der Waals surface area contributed by atoms with Crippen LogP contribution in [0.2, 0.25) is 0 Å². The van der Waals surface area contributed by atoms with Gasteiger partial charge in [0.25, 0.3) is 0 Å². The molecule has 0 saturated carbocycles. The molecule has 0 saturated heterocycles. The molecule has 0 aromatic carbocycles. The summed E-state index contributed by atoms with van der Waals surface area (Å²) in [7, 11) is 0. The maximum atomic E-state index is 10.4. The van der Waals surface area contributed by atoms with E-state index < -0.39 is 11.0 Å². The number of unbranched alkanes of at least 4 members (excludes halogenated alkanes) is 2. The van der Waals surface area contributed by atoms with Gasteiger partial charge in [0.05, 0.1) is 0 Å². The molecule has 0 spiro atoms. The highest BCUT2D eigenvalue weighted by Crippen LogP contribution is 2.06. The van der Waals surface area contributed by atoms with Gasteiger partial charge in [0, 0.05) is 11.3 Å². The fourth-order valence-electron chi connectivity index (χ4n) is 0.996. The topological polar surface area (TPSA) is 81.8 Å². The van der Waals surface area contributed by atoms with E-state index in [-0.39, 0.29) is 6.61 Å². The molecular weight excluding hydrogens is 176 g/mol. The van der Waals surface area contributed by atoms with E-state index in [4.69, 9.17) is 0 Å². The Bertz CT molecular complexity index is 163. The SMILES string of the molecule is CCCCCC(CON=O)[N+](=O)[O-]. The summed E-state index contributed by atoms with van der Waals surface area (Å²) in [4.78, 5) is 23.6. The first-order valence-corrected chi connectivity index (χ1v) is 4.30. The van der Waals surface area contributed by atoms with Crippen molar-refractivity contribution in [3.8, 4) is 0 Å². The van der Waals surface area contributed by atoms with Gasteiger partial charge in [0.1, 0.15) is 0 Å². The van der Waals surface area contributed by atoms with Gasteiger partial charge in [-0.2, -0.15) is 0 Å². The van der Waals surface area contributed by atoms with Crippen LogP contribution < -0.4 is 0 Å². The second-order valence-corrected chi connectivity index (χ2v) is 2.81. The van der Waals surface area contributed by atoms with Crippen LogP contribution in [0.4, 0.5) is 0 Å². The zero-order valence-corrected chi connectivity index (χ0v) is 7.64. The molecule has 0 N–H and O–H groups in total. The number of hydrogen-bond acceptors (Lipinski definition) is 5. The van der Waals surface area contributed by atoms with Crippen LogP contribution in [0.5, 0.6) is 0 Å². The zero-order chi connectivity index (χ0) is 10.1. The lowest BCUT2D eigenvalue weighted by molar-refractivity contribution is -0.527. The molecular formula is C7H14N2O4. The van der Waals surface area contributed by atoms with Gasteiger partial charge in [0.15, 0.2) is 11.9 Å². The maximum Gasteiger partial charge on any atom is 0.249 e. The van der Waals surface area contributed by atoms with Crippen molar-refractivity contribution in [2.45, 2.75) is 38.6 Å². The molecule has 0 aromatic heterocycles. The highest BCUT2D eigenvalue weighted by molar-refractivity contribution is 4.55. The summed E-state index contributed by atoms with van der Waals surface area (Å²) in [6.45, 7) is 1.80. The summed E-state index contributed by atoms with van der Waals surface area (Å²) in [6, 6.07) is -0.802. The molecule has 0 aliphatic rings. The lowest BCUT2D eigenvalue weighted by Gasteiger charge is -2.05. The van der Waals surface area contributed by atoms with E-state index in [0.29, 0.717) is 6.42 Å². The molecule has 0 aliphatic heterocycles. The second kappa shape index (κ2) is 7.45. The first-order chi connectivity index (χ1) is 6.22. The zero-order valence-electron chi connectivity index (χ0n) is 7.64. The molecule has 0 aromatic rings. The van der Waals surface area contributed by atoms with Crippen LogP contribution >= 0.6 is 0 Å². The van der Waals surface area contributed by atoms with Crippen molar-refractivity contribution in [1.29, 1.82) is 0 Å². The van der Waals surface area contributed by atoms with E-state index in [0.717, 1.165) is 19.3 Å². The first kappa shape index (κ1) is 11.8. The van der Waals surface area contributed by atoms with E-state index in [1.165, 1.54) is 0 Å². The Balaban J connectivity index is 3.66.